The van der Waals surface area contributed by atoms with E-state index in [1.807, 2.05) is 44.2 Å². The first-order valence-corrected chi connectivity index (χ1v) is 10.9. The molecule has 5 nitrogen and oxygen atoms in total. The Morgan fingerprint density at radius 2 is 1.90 bits per heavy atom. The minimum Gasteiger partial charge on any atom is -0.490 e. The van der Waals surface area contributed by atoms with Gasteiger partial charge >= 0.3 is 5.97 Å². The van der Waals surface area contributed by atoms with Crippen molar-refractivity contribution >= 4 is 39.2 Å². The topological polar surface area (TPSA) is 67.8 Å². The molecule has 0 aliphatic carbocycles. The molecule has 7 heteroatoms. The number of carboxylic acid groups (broad SMARTS) is 1. The van der Waals surface area contributed by atoms with Gasteiger partial charge in [-0.3, -0.25) is 0 Å². The van der Waals surface area contributed by atoms with Crippen LogP contribution in [-0.2, 0) is 13.2 Å². The number of nitrogens with one attached hydrogen (secondary N) is 1. The monoisotopic (exact) mass is 503 g/mol. The summed E-state index contributed by atoms with van der Waals surface area (Å²) in [6.07, 6.45) is 0. The predicted molar refractivity (Wildman–Crippen MR) is 127 cm³/mol. The van der Waals surface area contributed by atoms with Gasteiger partial charge in [0.15, 0.2) is 11.5 Å². The average molecular weight is 505 g/mol. The van der Waals surface area contributed by atoms with Gasteiger partial charge in [-0.15, -0.1) is 0 Å². The third kappa shape index (κ3) is 6.15. The first-order chi connectivity index (χ1) is 14.9. The molecular formula is C24H23BrClNO4. The molecule has 0 aliphatic rings. The number of aryl methyl sites for hydroxylation is 1. The quantitative estimate of drug-likeness (QED) is 0.339. The number of anilines is 1. The predicted octanol–water partition coefficient (Wildman–Crippen LogP) is 6.70. The van der Waals surface area contributed by atoms with Crippen LogP contribution in [0.2, 0.25) is 5.02 Å². The second-order valence-corrected chi connectivity index (χ2v) is 8.23. The molecule has 2 N–H and O–H groups in total. The minimum atomic E-state index is -1.00. The second kappa shape index (κ2) is 10.6. The van der Waals surface area contributed by atoms with E-state index in [1.165, 1.54) is 17.7 Å². The maximum Gasteiger partial charge on any atom is 0.335 e. The third-order valence-electron chi connectivity index (χ3n) is 4.53. The molecule has 0 aliphatic heterocycles. The van der Waals surface area contributed by atoms with E-state index in [9.17, 15) is 9.90 Å². The number of benzene rings is 3. The van der Waals surface area contributed by atoms with Gasteiger partial charge in [-0.1, -0.05) is 41.4 Å². The first kappa shape index (κ1) is 23.0. The Bertz CT molecular complexity index is 1090. The number of rotatable bonds is 9. The van der Waals surface area contributed by atoms with Crippen LogP contribution in [0.3, 0.4) is 0 Å². The van der Waals surface area contributed by atoms with Crippen LogP contribution in [0.5, 0.6) is 11.5 Å². The molecule has 0 radical (unpaired) electrons. The van der Waals surface area contributed by atoms with Crippen LogP contribution in [0.15, 0.2) is 59.1 Å². The van der Waals surface area contributed by atoms with E-state index in [2.05, 4.69) is 27.3 Å². The second-order valence-electron chi connectivity index (χ2n) is 6.97. The van der Waals surface area contributed by atoms with Crippen LogP contribution in [0, 0.1) is 6.92 Å². The largest absolute Gasteiger partial charge is 0.490 e. The highest BCUT2D eigenvalue weighted by atomic mass is 79.9. The van der Waals surface area contributed by atoms with Gasteiger partial charge in [-0.25, -0.2) is 4.79 Å². The summed E-state index contributed by atoms with van der Waals surface area (Å²) >= 11 is 9.80. The minimum absolute atomic E-state index is 0.169. The maximum atomic E-state index is 11.2. The highest BCUT2D eigenvalue weighted by Crippen LogP contribution is 2.38. The van der Waals surface area contributed by atoms with Gasteiger partial charge in [0.1, 0.15) is 6.61 Å². The van der Waals surface area contributed by atoms with Crippen LogP contribution in [0.4, 0.5) is 5.69 Å². The normalized spacial score (nSPS) is 10.6. The Morgan fingerprint density at radius 3 is 2.61 bits per heavy atom. The van der Waals surface area contributed by atoms with Crippen molar-refractivity contribution in [3.05, 3.63) is 86.3 Å². The SMILES string of the molecule is CCOc1cc(CNc2cc(C(=O)O)ccc2Cl)cc(Br)c1OCc1cccc(C)c1. The number of ether oxygens (including phenoxy) is 2. The Morgan fingerprint density at radius 1 is 1.10 bits per heavy atom. The van der Waals surface area contributed by atoms with E-state index in [0.29, 0.717) is 42.0 Å². The van der Waals surface area contributed by atoms with Crippen LogP contribution in [0.1, 0.15) is 34.0 Å². The maximum absolute atomic E-state index is 11.2. The summed E-state index contributed by atoms with van der Waals surface area (Å²) in [5, 5.41) is 12.8. The molecule has 3 rings (SSSR count). The fourth-order valence-corrected chi connectivity index (χ4v) is 3.86. The molecule has 3 aromatic rings. The van der Waals surface area contributed by atoms with Gasteiger partial charge < -0.3 is 19.9 Å². The molecule has 0 unspecified atom stereocenters. The van der Waals surface area contributed by atoms with Crippen molar-refractivity contribution in [1.29, 1.82) is 0 Å². The molecule has 0 spiro atoms. The summed E-state index contributed by atoms with van der Waals surface area (Å²) < 4.78 is 12.6. The van der Waals surface area contributed by atoms with Gasteiger partial charge in [0.05, 0.1) is 27.4 Å². The Balaban J connectivity index is 1.78. The first-order valence-electron chi connectivity index (χ1n) is 9.77. The van der Waals surface area contributed by atoms with E-state index < -0.39 is 5.97 Å². The number of hydrogen-bond acceptors (Lipinski definition) is 4. The molecule has 0 fully saturated rings. The number of carbonyl (C=O) groups is 1. The zero-order valence-corrected chi connectivity index (χ0v) is 19.6. The summed E-state index contributed by atoms with van der Waals surface area (Å²) in [5.41, 5.74) is 3.90. The summed E-state index contributed by atoms with van der Waals surface area (Å²) in [6, 6.07) is 16.6. The summed E-state index contributed by atoms with van der Waals surface area (Å²) in [4.78, 5) is 11.2. The van der Waals surface area contributed by atoms with E-state index in [4.69, 9.17) is 21.1 Å². The zero-order chi connectivity index (χ0) is 22.4. The van der Waals surface area contributed by atoms with Crippen molar-refractivity contribution in [2.24, 2.45) is 0 Å². The Labute approximate surface area is 195 Å². The van der Waals surface area contributed by atoms with Gasteiger partial charge in [0.25, 0.3) is 0 Å². The van der Waals surface area contributed by atoms with Gasteiger partial charge in [0, 0.05) is 6.54 Å². The van der Waals surface area contributed by atoms with Gasteiger partial charge in [0.2, 0.25) is 0 Å². The molecule has 0 saturated heterocycles. The summed E-state index contributed by atoms with van der Waals surface area (Å²) in [7, 11) is 0. The zero-order valence-electron chi connectivity index (χ0n) is 17.2. The van der Waals surface area contributed by atoms with Crippen LogP contribution in [0.25, 0.3) is 0 Å². The van der Waals surface area contributed by atoms with Crippen molar-refractivity contribution in [3.8, 4) is 11.5 Å². The lowest BCUT2D eigenvalue weighted by Crippen LogP contribution is -2.05. The highest BCUT2D eigenvalue weighted by Gasteiger charge is 2.14. The molecule has 0 amide bonds. The number of halogens is 2. The Hall–Kier alpha value is -2.70. The lowest BCUT2D eigenvalue weighted by Gasteiger charge is -2.16. The lowest BCUT2D eigenvalue weighted by atomic mass is 10.1. The lowest BCUT2D eigenvalue weighted by molar-refractivity contribution is 0.0697. The molecular weight excluding hydrogens is 482 g/mol. The average Bonchev–Trinajstić information content (AvgIpc) is 2.72. The molecule has 162 valence electrons. The summed E-state index contributed by atoms with van der Waals surface area (Å²) in [5.74, 6) is 0.265. The standard InChI is InChI=1S/C24H23BrClNO4/c1-3-30-22-11-17(13-27-21-12-18(24(28)29)7-8-20(21)26)10-19(25)23(22)31-14-16-6-4-5-15(2)9-16/h4-12,27H,3,13-14H2,1-2H3,(H,28,29). The smallest absolute Gasteiger partial charge is 0.335 e. The molecule has 31 heavy (non-hydrogen) atoms. The Kier molecular flexibility index (Phi) is 7.82. The molecule has 0 bridgehead atoms. The van der Waals surface area contributed by atoms with E-state index >= 15 is 0 Å². The number of carboxylic acids is 1. The number of aromatic carboxylic acids is 1. The molecule has 0 atom stereocenters. The fraction of sp³-hybridized carbons (Fsp3) is 0.208. The summed E-state index contributed by atoms with van der Waals surface area (Å²) in [6.45, 7) is 5.32. The van der Waals surface area contributed by atoms with Crippen molar-refractivity contribution in [1.82, 2.24) is 0 Å². The van der Waals surface area contributed by atoms with Crippen LogP contribution in [-0.4, -0.2) is 17.7 Å². The third-order valence-corrected chi connectivity index (χ3v) is 5.45. The highest BCUT2D eigenvalue weighted by molar-refractivity contribution is 9.10. The van der Waals surface area contributed by atoms with Crippen molar-refractivity contribution < 1.29 is 19.4 Å². The van der Waals surface area contributed by atoms with E-state index in [1.54, 1.807) is 6.07 Å². The van der Waals surface area contributed by atoms with Crippen LogP contribution < -0.4 is 14.8 Å². The van der Waals surface area contributed by atoms with Crippen molar-refractivity contribution in [2.75, 3.05) is 11.9 Å². The molecule has 3 aromatic carbocycles. The molecule has 0 aromatic heterocycles. The molecule has 0 heterocycles. The van der Waals surface area contributed by atoms with E-state index in [-0.39, 0.29) is 5.56 Å². The van der Waals surface area contributed by atoms with Gasteiger partial charge in [-0.05, 0) is 71.2 Å². The van der Waals surface area contributed by atoms with Gasteiger partial charge in [-0.2, -0.15) is 0 Å². The van der Waals surface area contributed by atoms with Crippen molar-refractivity contribution in [2.45, 2.75) is 27.0 Å². The fourth-order valence-electron chi connectivity index (χ4n) is 3.07. The van der Waals surface area contributed by atoms with Crippen molar-refractivity contribution in [3.63, 3.8) is 0 Å². The number of hydrogen-bond donors (Lipinski definition) is 2. The van der Waals surface area contributed by atoms with Crippen LogP contribution >= 0.6 is 27.5 Å². The van der Waals surface area contributed by atoms with E-state index in [0.717, 1.165) is 15.6 Å². The molecule has 0 saturated carbocycles.